The van der Waals surface area contributed by atoms with Crippen molar-refractivity contribution < 1.29 is 4.74 Å². The van der Waals surface area contributed by atoms with Gasteiger partial charge in [-0.2, -0.15) is 5.10 Å². The highest BCUT2D eigenvalue weighted by molar-refractivity contribution is 5.78. The summed E-state index contributed by atoms with van der Waals surface area (Å²) in [6.45, 7) is 0.642. The summed E-state index contributed by atoms with van der Waals surface area (Å²) < 4.78 is 6.10. The zero-order valence-corrected chi connectivity index (χ0v) is 16.3. The maximum absolute atomic E-state index is 6.10. The number of H-pyrrole nitrogens is 1. The number of piperidine rings is 1. The fraction of sp³-hybridized carbons (Fsp3) is 0.391. The summed E-state index contributed by atoms with van der Waals surface area (Å²) in [5.41, 5.74) is 5.57. The van der Waals surface area contributed by atoms with E-state index in [1.54, 1.807) is 0 Å². The van der Waals surface area contributed by atoms with E-state index >= 15 is 0 Å². The smallest absolute Gasteiger partial charge is 0.127 e. The van der Waals surface area contributed by atoms with Gasteiger partial charge in [-0.25, -0.2) is 4.98 Å². The molecule has 3 aromatic rings. The first-order chi connectivity index (χ1) is 14.3. The summed E-state index contributed by atoms with van der Waals surface area (Å²) in [5.74, 6) is 1.91. The van der Waals surface area contributed by atoms with E-state index in [9.17, 15) is 0 Å². The Morgan fingerprint density at radius 2 is 1.86 bits per heavy atom. The van der Waals surface area contributed by atoms with Crippen LogP contribution in [-0.4, -0.2) is 39.9 Å². The van der Waals surface area contributed by atoms with Crippen LogP contribution in [0.5, 0.6) is 5.75 Å². The summed E-state index contributed by atoms with van der Waals surface area (Å²) >= 11 is 0. The van der Waals surface area contributed by atoms with Gasteiger partial charge >= 0.3 is 0 Å². The van der Waals surface area contributed by atoms with Crippen LogP contribution in [0.15, 0.2) is 42.7 Å². The molecule has 1 aromatic carbocycles. The van der Waals surface area contributed by atoms with Crippen molar-refractivity contribution in [3.63, 3.8) is 0 Å². The number of hydrogen-bond donors (Lipinski definition) is 3. The number of nitrogens with zero attached hydrogens (tertiary/aromatic N) is 2. The van der Waals surface area contributed by atoms with Crippen LogP contribution in [0, 0.1) is 0 Å². The van der Waals surface area contributed by atoms with Gasteiger partial charge in [-0.15, -0.1) is 0 Å². The van der Waals surface area contributed by atoms with Crippen molar-refractivity contribution >= 4 is 5.82 Å². The largest absolute Gasteiger partial charge is 0.493 e. The number of aromatic amines is 1. The number of nitrogens with one attached hydrogen (secondary N) is 3. The highest BCUT2D eigenvalue weighted by Gasteiger charge is 2.33. The standard InChI is InChI=1S/C23H25N5O/c1-4-20-19-5-6-23(27-18-10-16-2-3-17(11-18)26-16)28-21(19)7-8-29-22(20)9-14(1)15-12-24-25-13-15/h1,4-6,9,12-13,16-18,26H,2-3,7-8,10-11H2,(H,24,25)(H,27,28). The lowest BCUT2D eigenvalue weighted by Crippen LogP contribution is -2.43. The second kappa shape index (κ2) is 6.88. The van der Waals surface area contributed by atoms with Crippen LogP contribution in [0.3, 0.4) is 0 Å². The molecular weight excluding hydrogens is 362 g/mol. The van der Waals surface area contributed by atoms with Gasteiger partial charge in [0.2, 0.25) is 0 Å². The van der Waals surface area contributed by atoms with E-state index in [0.29, 0.717) is 24.7 Å². The topological polar surface area (TPSA) is 74.9 Å². The molecular formula is C23H25N5O. The summed E-state index contributed by atoms with van der Waals surface area (Å²) in [5, 5.41) is 14.3. The number of anilines is 1. The van der Waals surface area contributed by atoms with Crippen molar-refractivity contribution in [1.29, 1.82) is 0 Å². The lowest BCUT2D eigenvalue weighted by molar-refractivity contribution is 0.325. The van der Waals surface area contributed by atoms with Crippen LogP contribution in [0.1, 0.15) is 31.4 Å². The first-order valence-corrected chi connectivity index (χ1v) is 10.6. The Morgan fingerprint density at radius 1 is 1.00 bits per heavy atom. The number of aromatic nitrogens is 3. The van der Waals surface area contributed by atoms with Crippen molar-refractivity contribution in [2.45, 2.75) is 50.2 Å². The number of pyridine rings is 1. The van der Waals surface area contributed by atoms with Gasteiger partial charge < -0.3 is 15.4 Å². The third kappa shape index (κ3) is 3.17. The Morgan fingerprint density at radius 3 is 2.69 bits per heavy atom. The molecule has 0 amide bonds. The molecule has 0 aliphatic carbocycles. The number of ether oxygens (including phenoxy) is 1. The van der Waals surface area contributed by atoms with Crippen molar-refractivity contribution in [1.82, 2.24) is 20.5 Å². The van der Waals surface area contributed by atoms with Crippen molar-refractivity contribution in [2.75, 3.05) is 11.9 Å². The molecule has 2 saturated heterocycles. The first kappa shape index (κ1) is 17.0. The second-order valence-electron chi connectivity index (χ2n) is 8.44. The summed E-state index contributed by atoms with van der Waals surface area (Å²) in [7, 11) is 0. The first-order valence-electron chi connectivity index (χ1n) is 10.6. The monoisotopic (exact) mass is 387 g/mol. The lowest BCUT2D eigenvalue weighted by atomic mass is 9.98. The molecule has 0 spiro atoms. The van der Waals surface area contributed by atoms with Crippen LogP contribution >= 0.6 is 0 Å². The normalized spacial score (nSPS) is 24.9. The summed E-state index contributed by atoms with van der Waals surface area (Å²) in [6.07, 6.45) is 9.57. The number of rotatable bonds is 3. The quantitative estimate of drug-likeness (QED) is 0.638. The summed E-state index contributed by atoms with van der Waals surface area (Å²) in [4.78, 5) is 4.98. The molecule has 0 radical (unpaired) electrons. The Labute approximate surface area is 170 Å². The highest BCUT2D eigenvalue weighted by atomic mass is 16.5. The molecule has 2 unspecified atom stereocenters. The minimum absolute atomic E-state index is 0.520. The minimum Gasteiger partial charge on any atom is -0.493 e. The predicted molar refractivity (Wildman–Crippen MR) is 113 cm³/mol. The maximum Gasteiger partial charge on any atom is 0.127 e. The van der Waals surface area contributed by atoms with Crippen LogP contribution in [0.2, 0.25) is 0 Å². The third-order valence-corrected chi connectivity index (χ3v) is 6.50. The van der Waals surface area contributed by atoms with Crippen LogP contribution < -0.4 is 15.4 Å². The summed E-state index contributed by atoms with van der Waals surface area (Å²) in [6, 6.07) is 12.6. The Hall–Kier alpha value is -2.86. The fourth-order valence-corrected chi connectivity index (χ4v) is 5.11. The average molecular weight is 387 g/mol. The molecule has 2 aromatic heterocycles. The molecule has 6 heteroatoms. The molecule has 3 aliphatic rings. The predicted octanol–water partition coefficient (Wildman–Crippen LogP) is 3.77. The van der Waals surface area contributed by atoms with E-state index in [1.165, 1.54) is 31.2 Å². The van der Waals surface area contributed by atoms with E-state index in [0.717, 1.165) is 40.4 Å². The van der Waals surface area contributed by atoms with Gasteiger partial charge in [0.1, 0.15) is 11.6 Å². The molecule has 2 fully saturated rings. The molecule has 3 N–H and O–H groups in total. The van der Waals surface area contributed by atoms with Crippen molar-refractivity contribution in [3.05, 3.63) is 48.4 Å². The molecule has 3 aliphatic heterocycles. The zero-order chi connectivity index (χ0) is 19.2. The Balaban J connectivity index is 1.28. The molecule has 5 heterocycles. The van der Waals surface area contributed by atoms with Crippen LogP contribution in [0.25, 0.3) is 22.3 Å². The van der Waals surface area contributed by atoms with Gasteiger partial charge in [-0.05, 0) is 55.5 Å². The highest BCUT2D eigenvalue weighted by Crippen LogP contribution is 2.38. The average Bonchev–Trinajstić information content (AvgIpc) is 3.34. The van der Waals surface area contributed by atoms with Crippen molar-refractivity contribution in [2.24, 2.45) is 0 Å². The second-order valence-corrected chi connectivity index (χ2v) is 8.44. The molecule has 148 valence electrons. The molecule has 29 heavy (non-hydrogen) atoms. The SMILES string of the molecule is c1cc2c(cc1-c1cn[nH]c1)OCCc1nc(NC3CC4CCC(C3)N4)ccc1-2. The minimum atomic E-state index is 0.520. The van der Waals surface area contributed by atoms with Crippen LogP contribution in [0.4, 0.5) is 5.82 Å². The van der Waals surface area contributed by atoms with E-state index < -0.39 is 0 Å². The Bertz CT molecular complexity index is 1020. The maximum atomic E-state index is 6.10. The molecule has 6 nitrogen and oxygen atoms in total. The van der Waals surface area contributed by atoms with E-state index in [2.05, 4.69) is 51.2 Å². The van der Waals surface area contributed by atoms with E-state index in [-0.39, 0.29) is 0 Å². The number of hydrogen-bond acceptors (Lipinski definition) is 5. The number of fused-ring (bicyclic) bond motifs is 5. The van der Waals surface area contributed by atoms with E-state index in [4.69, 9.17) is 9.72 Å². The molecule has 2 atom stereocenters. The van der Waals surface area contributed by atoms with Crippen molar-refractivity contribution in [3.8, 4) is 28.0 Å². The number of benzene rings is 1. The van der Waals surface area contributed by atoms with Gasteiger partial charge in [-0.1, -0.05) is 6.07 Å². The molecule has 6 rings (SSSR count). The van der Waals surface area contributed by atoms with Gasteiger partial charge in [0.05, 0.1) is 18.5 Å². The third-order valence-electron chi connectivity index (χ3n) is 6.50. The van der Waals surface area contributed by atoms with E-state index in [1.807, 2.05) is 12.4 Å². The van der Waals surface area contributed by atoms with Gasteiger partial charge in [0.15, 0.2) is 0 Å². The van der Waals surface area contributed by atoms with Gasteiger partial charge in [-0.3, -0.25) is 5.10 Å². The lowest BCUT2D eigenvalue weighted by Gasteiger charge is -2.30. The molecule has 2 bridgehead atoms. The van der Waals surface area contributed by atoms with Crippen LogP contribution in [-0.2, 0) is 6.42 Å². The molecule has 0 saturated carbocycles. The van der Waals surface area contributed by atoms with Gasteiger partial charge in [0, 0.05) is 47.4 Å². The fourth-order valence-electron chi connectivity index (χ4n) is 5.11. The zero-order valence-electron chi connectivity index (χ0n) is 16.3. The van der Waals surface area contributed by atoms with Gasteiger partial charge in [0.25, 0.3) is 0 Å². The Kier molecular flexibility index (Phi) is 4.04.